The van der Waals surface area contributed by atoms with E-state index in [0.29, 0.717) is 0 Å². The van der Waals surface area contributed by atoms with E-state index in [-0.39, 0.29) is 11.8 Å². The van der Waals surface area contributed by atoms with Crippen LogP contribution in [0.15, 0.2) is 17.2 Å². The number of carbonyl (C=O) groups is 1. The van der Waals surface area contributed by atoms with Crippen LogP contribution in [0.1, 0.15) is 36.0 Å². The van der Waals surface area contributed by atoms with Crippen molar-refractivity contribution in [3.8, 4) is 0 Å². The van der Waals surface area contributed by atoms with Crippen LogP contribution in [0.2, 0.25) is 0 Å². The highest BCUT2D eigenvalue weighted by Gasteiger charge is 2.40. The van der Waals surface area contributed by atoms with Crippen molar-refractivity contribution in [2.75, 3.05) is 5.01 Å². The molecule has 1 saturated carbocycles. The molecule has 2 aliphatic rings. The van der Waals surface area contributed by atoms with Gasteiger partial charge in [0.05, 0.1) is 17.3 Å². The van der Waals surface area contributed by atoms with Crippen LogP contribution in [0.4, 0.5) is 5.69 Å². The Morgan fingerprint density at radius 1 is 1.22 bits per heavy atom. The monoisotopic (exact) mass is 242 g/mol. The molecule has 1 aliphatic carbocycles. The molecule has 0 spiro atoms. The predicted molar refractivity (Wildman–Crippen MR) is 72.9 cm³/mol. The summed E-state index contributed by atoms with van der Waals surface area (Å²) in [5.41, 5.74) is 5.55. The van der Waals surface area contributed by atoms with Crippen LogP contribution in [0.25, 0.3) is 0 Å². The van der Waals surface area contributed by atoms with Crippen LogP contribution in [0.3, 0.4) is 0 Å². The molecule has 3 nitrogen and oxygen atoms in total. The molecule has 0 bridgehead atoms. The molecule has 1 aliphatic heterocycles. The number of carbonyl (C=O) groups excluding carboxylic acids is 1. The van der Waals surface area contributed by atoms with E-state index < -0.39 is 0 Å². The van der Waals surface area contributed by atoms with E-state index in [1.54, 1.807) is 5.01 Å². The Bertz CT molecular complexity index is 537. The van der Waals surface area contributed by atoms with Crippen molar-refractivity contribution in [3.63, 3.8) is 0 Å². The van der Waals surface area contributed by atoms with E-state index in [2.05, 4.69) is 38.0 Å². The number of hydrazone groups is 1. The third-order valence-corrected chi connectivity index (χ3v) is 3.91. The maximum absolute atomic E-state index is 12.4. The summed E-state index contributed by atoms with van der Waals surface area (Å²) in [6.07, 6.45) is 3.06. The van der Waals surface area contributed by atoms with Crippen molar-refractivity contribution in [1.29, 1.82) is 0 Å². The average Bonchev–Trinajstić information content (AvgIpc) is 2.82. The SMILES string of the molecule is Cc1cc(C)c(N2N=C3CCCC3C2=O)c(C)c1. The Morgan fingerprint density at radius 2 is 1.89 bits per heavy atom. The van der Waals surface area contributed by atoms with Crippen LogP contribution in [0.5, 0.6) is 0 Å². The number of rotatable bonds is 1. The molecule has 3 heteroatoms. The van der Waals surface area contributed by atoms with Crippen molar-refractivity contribution >= 4 is 17.3 Å². The van der Waals surface area contributed by atoms with Crippen LogP contribution >= 0.6 is 0 Å². The van der Waals surface area contributed by atoms with Crippen molar-refractivity contribution < 1.29 is 4.79 Å². The molecule has 18 heavy (non-hydrogen) atoms. The summed E-state index contributed by atoms with van der Waals surface area (Å²) in [4.78, 5) is 12.4. The normalized spacial score (nSPS) is 22.4. The standard InChI is InChI=1S/C15H18N2O/c1-9-7-10(2)14(11(3)8-9)17-15(18)12-5-4-6-13(12)16-17/h7-8,12H,4-6H2,1-3H3. The zero-order valence-corrected chi connectivity index (χ0v) is 11.2. The number of amides is 1. The summed E-state index contributed by atoms with van der Waals surface area (Å²) in [6.45, 7) is 6.18. The molecule has 94 valence electrons. The van der Waals surface area contributed by atoms with E-state index in [0.717, 1.165) is 41.8 Å². The highest BCUT2D eigenvalue weighted by atomic mass is 16.2. The predicted octanol–water partition coefficient (Wildman–Crippen LogP) is 3.11. The first-order chi connectivity index (χ1) is 8.58. The summed E-state index contributed by atoms with van der Waals surface area (Å²) in [6, 6.07) is 4.23. The van der Waals surface area contributed by atoms with E-state index in [1.165, 1.54) is 5.56 Å². The molecule has 0 N–H and O–H groups in total. The Morgan fingerprint density at radius 3 is 2.50 bits per heavy atom. The minimum absolute atomic E-state index is 0.0603. The Labute approximate surface area is 107 Å². The lowest BCUT2D eigenvalue weighted by Crippen LogP contribution is -2.27. The minimum atomic E-state index is 0.0603. The van der Waals surface area contributed by atoms with Crippen molar-refractivity contribution in [1.82, 2.24) is 0 Å². The first kappa shape index (κ1) is 11.5. The average molecular weight is 242 g/mol. The summed E-state index contributed by atoms with van der Waals surface area (Å²) in [5, 5.41) is 6.20. The minimum Gasteiger partial charge on any atom is -0.272 e. The zero-order valence-electron chi connectivity index (χ0n) is 11.2. The van der Waals surface area contributed by atoms with Gasteiger partial charge in [0, 0.05) is 0 Å². The lowest BCUT2D eigenvalue weighted by Gasteiger charge is -2.19. The van der Waals surface area contributed by atoms with Gasteiger partial charge in [-0.3, -0.25) is 4.79 Å². The molecule has 3 rings (SSSR count). The van der Waals surface area contributed by atoms with Crippen LogP contribution in [-0.2, 0) is 4.79 Å². The highest BCUT2D eigenvalue weighted by molar-refractivity contribution is 6.16. The Hall–Kier alpha value is -1.64. The molecular weight excluding hydrogens is 224 g/mol. The van der Waals surface area contributed by atoms with E-state index in [1.807, 2.05) is 0 Å². The smallest absolute Gasteiger partial charge is 0.256 e. The molecule has 1 amide bonds. The number of aryl methyl sites for hydroxylation is 3. The van der Waals surface area contributed by atoms with E-state index in [4.69, 9.17) is 0 Å². The molecule has 0 aromatic heterocycles. The second kappa shape index (κ2) is 3.94. The van der Waals surface area contributed by atoms with Gasteiger partial charge in [-0.25, -0.2) is 0 Å². The summed E-state index contributed by atoms with van der Waals surface area (Å²) in [5.74, 6) is 0.225. The fraction of sp³-hybridized carbons (Fsp3) is 0.467. The number of hydrogen-bond donors (Lipinski definition) is 0. The largest absolute Gasteiger partial charge is 0.272 e. The molecule has 0 radical (unpaired) electrons. The van der Waals surface area contributed by atoms with Gasteiger partial charge >= 0.3 is 0 Å². The van der Waals surface area contributed by atoms with Gasteiger partial charge in [-0.15, -0.1) is 0 Å². The van der Waals surface area contributed by atoms with Crippen molar-refractivity contribution in [2.24, 2.45) is 11.0 Å². The fourth-order valence-electron chi connectivity index (χ4n) is 3.21. The van der Waals surface area contributed by atoms with Gasteiger partial charge in [0.15, 0.2) is 0 Å². The van der Waals surface area contributed by atoms with Gasteiger partial charge in [0.25, 0.3) is 5.91 Å². The maximum Gasteiger partial charge on any atom is 0.256 e. The van der Waals surface area contributed by atoms with Gasteiger partial charge in [0.1, 0.15) is 0 Å². The van der Waals surface area contributed by atoms with E-state index in [9.17, 15) is 4.79 Å². The van der Waals surface area contributed by atoms with Gasteiger partial charge in [0.2, 0.25) is 0 Å². The molecule has 1 aromatic carbocycles. The van der Waals surface area contributed by atoms with Crippen molar-refractivity contribution in [2.45, 2.75) is 40.0 Å². The quantitative estimate of drug-likeness (QED) is 0.744. The molecule has 1 heterocycles. The Balaban J connectivity index is 2.07. The molecule has 0 saturated heterocycles. The third-order valence-electron chi connectivity index (χ3n) is 3.91. The van der Waals surface area contributed by atoms with Crippen LogP contribution in [0, 0.1) is 26.7 Å². The number of hydrogen-bond acceptors (Lipinski definition) is 2. The molecular formula is C15H18N2O. The summed E-state index contributed by atoms with van der Waals surface area (Å²) < 4.78 is 0. The maximum atomic E-state index is 12.4. The van der Waals surface area contributed by atoms with Crippen LogP contribution in [-0.4, -0.2) is 11.6 Å². The Kier molecular flexibility index (Phi) is 2.51. The van der Waals surface area contributed by atoms with E-state index >= 15 is 0 Å². The van der Waals surface area contributed by atoms with Crippen LogP contribution < -0.4 is 5.01 Å². The fourth-order valence-corrected chi connectivity index (χ4v) is 3.21. The van der Waals surface area contributed by atoms with Gasteiger partial charge in [-0.1, -0.05) is 17.7 Å². The molecule has 1 unspecified atom stereocenters. The van der Waals surface area contributed by atoms with Crippen molar-refractivity contribution in [3.05, 3.63) is 28.8 Å². The zero-order chi connectivity index (χ0) is 12.9. The second-order valence-electron chi connectivity index (χ2n) is 5.43. The number of nitrogens with zero attached hydrogens (tertiary/aromatic N) is 2. The molecule has 1 fully saturated rings. The first-order valence-electron chi connectivity index (χ1n) is 6.57. The number of benzene rings is 1. The second-order valence-corrected chi connectivity index (χ2v) is 5.43. The third kappa shape index (κ3) is 1.57. The lowest BCUT2D eigenvalue weighted by molar-refractivity contribution is -0.119. The molecule has 1 aromatic rings. The summed E-state index contributed by atoms with van der Waals surface area (Å²) >= 11 is 0. The highest BCUT2D eigenvalue weighted by Crippen LogP contribution is 2.36. The molecule has 1 atom stereocenters. The first-order valence-corrected chi connectivity index (χ1v) is 6.57. The van der Waals surface area contributed by atoms with Gasteiger partial charge in [-0.2, -0.15) is 10.1 Å². The van der Waals surface area contributed by atoms with Gasteiger partial charge in [-0.05, 0) is 51.2 Å². The van der Waals surface area contributed by atoms with Gasteiger partial charge < -0.3 is 0 Å². The number of fused-ring (bicyclic) bond motifs is 1. The topological polar surface area (TPSA) is 32.7 Å². The summed E-state index contributed by atoms with van der Waals surface area (Å²) in [7, 11) is 0. The lowest BCUT2D eigenvalue weighted by atomic mass is 10.0. The number of anilines is 1.